The standard InChI is InChI=1S/C14H11.C9H15O2Si.2ClH.Zr/c1-10-11-6-2-4-8-13(11)14-9-5-3-7-12(10)14;1-10-8-6-5-7-9(8)11-12(2,3)4;;;/h2-6,8-10H,1H3;5-7H,1-4H3;2*1H;/q2*-1;;;+4/p-2. The number of fused-ring (bicyclic) bond motifs is 3. The van der Waals surface area contributed by atoms with Gasteiger partial charge in [0.25, 0.3) is 0 Å². The molecule has 6 heteroatoms. The summed E-state index contributed by atoms with van der Waals surface area (Å²) in [6.45, 7) is 8.71. The minimum atomic E-state index is -1.49. The van der Waals surface area contributed by atoms with Crippen molar-refractivity contribution in [3.8, 4) is 22.6 Å². The van der Waals surface area contributed by atoms with E-state index in [2.05, 4.69) is 69.0 Å². The molecule has 1 aliphatic carbocycles. The maximum Gasteiger partial charge on any atom is 4.00 e. The van der Waals surface area contributed by atoms with Crippen molar-refractivity contribution in [2.45, 2.75) is 32.5 Å². The van der Waals surface area contributed by atoms with Gasteiger partial charge in [-0.05, 0) is 31.1 Å². The van der Waals surface area contributed by atoms with Gasteiger partial charge in [0, 0.05) is 11.5 Å². The molecule has 4 rings (SSSR count). The summed E-state index contributed by atoms with van der Waals surface area (Å²) < 4.78 is 10.9. The molecule has 0 amide bonds. The molecule has 2 nitrogen and oxygen atoms in total. The van der Waals surface area contributed by atoms with Gasteiger partial charge in [-0.15, -0.1) is 17.2 Å². The Bertz CT molecular complexity index is 845. The fourth-order valence-electron chi connectivity index (χ4n) is 3.29. The maximum absolute atomic E-state index is 5.78. The molecule has 0 aliphatic heterocycles. The molecule has 1 aliphatic rings. The van der Waals surface area contributed by atoms with Gasteiger partial charge in [-0.2, -0.15) is 30.3 Å². The van der Waals surface area contributed by atoms with Gasteiger partial charge in [0.2, 0.25) is 8.32 Å². The molecule has 0 heterocycles. The summed E-state index contributed by atoms with van der Waals surface area (Å²) in [5.74, 6) is 2.21. The van der Waals surface area contributed by atoms with Crippen LogP contribution in [0.2, 0.25) is 19.6 Å². The predicted molar refractivity (Wildman–Crippen MR) is 111 cm³/mol. The van der Waals surface area contributed by atoms with Crippen LogP contribution in [0.4, 0.5) is 0 Å². The average molecular weight is 525 g/mol. The molecule has 0 spiro atoms. The minimum Gasteiger partial charge on any atom is -1.00 e. The number of hydrogen-bond acceptors (Lipinski definition) is 2. The largest absolute Gasteiger partial charge is 4.00 e. The van der Waals surface area contributed by atoms with Crippen LogP contribution < -0.4 is 34.0 Å². The first-order valence-electron chi connectivity index (χ1n) is 8.99. The molecular weight excluding hydrogens is 498 g/mol. The summed E-state index contributed by atoms with van der Waals surface area (Å²) >= 11 is 0. The van der Waals surface area contributed by atoms with Crippen LogP contribution in [0.1, 0.15) is 24.0 Å². The van der Waals surface area contributed by atoms with Gasteiger partial charge >= 0.3 is 26.2 Å². The maximum atomic E-state index is 5.78. The zero-order chi connectivity index (χ0) is 18.7. The number of ether oxygens (including phenoxy) is 1. The van der Waals surface area contributed by atoms with Crippen molar-refractivity contribution in [2.24, 2.45) is 0 Å². The van der Waals surface area contributed by atoms with Crippen LogP contribution in [0.25, 0.3) is 11.1 Å². The van der Waals surface area contributed by atoms with Crippen LogP contribution in [0.5, 0.6) is 11.5 Å². The van der Waals surface area contributed by atoms with E-state index < -0.39 is 8.32 Å². The molecule has 0 bridgehead atoms. The third-order valence-electron chi connectivity index (χ3n) is 4.41. The van der Waals surface area contributed by atoms with Crippen LogP contribution in [-0.4, -0.2) is 15.4 Å². The van der Waals surface area contributed by atoms with Crippen LogP contribution in [0, 0.1) is 6.07 Å². The first-order chi connectivity index (χ1) is 12.4. The van der Waals surface area contributed by atoms with Gasteiger partial charge in [-0.3, -0.25) is 0 Å². The van der Waals surface area contributed by atoms with Crippen molar-refractivity contribution < 1.29 is 60.2 Å². The van der Waals surface area contributed by atoms with E-state index in [0.29, 0.717) is 5.92 Å². The van der Waals surface area contributed by atoms with Crippen molar-refractivity contribution in [1.82, 2.24) is 0 Å². The van der Waals surface area contributed by atoms with E-state index in [1.54, 1.807) is 7.11 Å². The van der Waals surface area contributed by atoms with Gasteiger partial charge in [0.05, 0.1) is 7.11 Å². The molecular formula is C23H26Cl2O2SiZr. The summed E-state index contributed by atoms with van der Waals surface area (Å²) in [5, 5.41) is 0. The minimum absolute atomic E-state index is 0. The second-order valence-corrected chi connectivity index (χ2v) is 11.9. The van der Waals surface area contributed by atoms with Crippen LogP contribution in [0.3, 0.4) is 0 Å². The van der Waals surface area contributed by atoms with Gasteiger partial charge < -0.3 is 34.0 Å². The summed E-state index contributed by atoms with van der Waals surface area (Å²) in [6, 6.07) is 24.0. The van der Waals surface area contributed by atoms with Crippen LogP contribution in [-0.2, 0) is 26.2 Å². The average Bonchev–Trinajstić information content (AvgIpc) is 3.18. The monoisotopic (exact) mass is 522 g/mol. The summed E-state index contributed by atoms with van der Waals surface area (Å²) in [6.07, 6.45) is 0. The van der Waals surface area contributed by atoms with Gasteiger partial charge in [0.1, 0.15) is 0 Å². The number of benzene rings is 2. The Balaban J connectivity index is 0.000000496. The first-order valence-corrected chi connectivity index (χ1v) is 12.4. The number of hydrogen-bond donors (Lipinski definition) is 0. The molecule has 152 valence electrons. The summed E-state index contributed by atoms with van der Waals surface area (Å²) in [4.78, 5) is 0. The number of halogens is 2. The fraction of sp³-hybridized carbons (Fsp3) is 0.261. The number of rotatable bonds is 3. The first kappa shape index (κ1) is 28.1. The van der Waals surface area contributed by atoms with Gasteiger partial charge in [-0.1, -0.05) is 36.8 Å². The molecule has 0 N–H and O–H groups in total. The third-order valence-corrected chi connectivity index (χ3v) is 5.24. The van der Waals surface area contributed by atoms with E-state index in [9.17, 15) is 0 Å². The fourth-order valence-corrected chi connectivity index (χ4v) is 4.12. The molecule has 29 heavy (non-hydrogen) atoms. The topological polar surface area (TPSA) is 18.5 Å². The van der Waals surface area contributed by atoms with Crippen LogP contribution in [0.15, 0.2) is 60.7 Å². The SMILES string of the molecule is CC1c2[c-]cccc2-c2ccccc21.CO[c-]1cccc1O[Si](C)(C)C.[Cl-].[Cl-].[Zr+4]. The predicted octanol–water partition coefficient (Wildman–Crippen LogP) is 0.252. The summed E-state index contributed by atoms with van der Waals surface area (Å²) in [5.41, 5.74) is 5.51. The Hall–Kier alpha value is -0.930. The van der Waals surface area contributed by atoms with Gasteiger partial charge in [0.15, 0.2) is 0 Å². The number of methoxy groups -OCH3 is 1. The van der Waals surface area contributed by atoms with E-state index in [0.717, 1.165) is 11.5 Å². The Labute approximate surface area is 207 Å². The quantitative estimate of drug-likeness (QED) is 0.362. The molecule has 3 aromatic rings. The van der Waals surface area contributed by atoms with E-state index >= 15 is 0 Å². The van der Waals surface area contributed by atoms with Crippen molar-refractivity contribution >= 4 is 8.32 Å². The Morgan fingerprint density at radius 2 is 1.59 bits per heavy atom. The van der Waals surface area contributed by atoms with Crippen molar-refractivity contribution in [3.63, 3.8) is 0 Å². The zero-order valence-electron chi connectivity index (χ0n) is 17.4. The molecule has 0 aromatic heterocycles. The van der Waals surface area contributed by atoms with Crippen molar-refractivity contribution in [3.05, 3.63) is 77.9 Å². The molecule has 1 unspecified atom stereocenters. The van der Waals surface area contributed by atoms with Crippen LogP contribution >= 0.6 is 0 Å². The summed E-state index contributed by atoms with van der Waals surface area (Å²) in [7, 11) is 0.170. The molecule has 0 saturated carbocycles. The zero-order valence-corrected chi connectivity index (χ0v) is 22.4. The van der Waals surface area contributed by atoms with E-state index in [1.165, 1.54) is 22.3 Å². The molecule has 1 atom stereocenters. The molecule has 0 saturated heterocycles. The third kappa shape index (κ3) is 6.79. The van der Waals surface area contributed by atoms with E-state index in [4.69, 9.17) is 9.16 Å². The van der Waals surface area contributed by atoms with Gasteiger partial charge in [-0.25, -0.2) is 6.07 Å². The Kier molecular flexibility index (Phi) is 11.7. The second kappa shape index (κ2) is 12.1. The molecule has 0 fully saturated rings. The van der Waals surface area contributed by atoms with Crippen molar-refractivity contribution in [1.29, 1.82) is 0 Å². The normalized spacial score (nSPS) is 13.2. The second-order valence-electron chi connectivity index (χ2n) is 7.48. The van der Waals surface area contributed by atoms with E-state index in [1.807, 2.05) is 24.3 Å². The van der Waals surface area contributed by atoms with E-state index in [-0.39, 0.29) is 51.0 Å². The van der Waals surface area contributed by atoms with Crippen molar-refractivity contribution in [2.75, 3.05) is 7.11 Å². The Morgan fingerprint density at radius 3 is 2.24 bits per heavy atom. The molecule has 0 radical (unpaired) electrons. The smallest absolute Gasteiger partial charge is 1.00 e. The molecule has 3 aromatic carbocycles. The Morgan fingerprint density at radius 1 is 0.931 bits per heavy atom.